The molecule has 3 heterocycles. The third kappa shape index (κ3) is 3.34. The number of carbonyl (C=O) groups excluding carboxylic acids is 2. The van der Waals surface area contributed by atoms with Crippen LogP contribution in [0.5, 0.6) is 0 Å². The number of fused-ring (bicyclic) bond motifs is 1. The van der Waals surface area contributed by atoms with Crippen molar-refractivity contribution in [2.75, 3.05) is 19.0 Å². The number of anilines is 1. The Morgan fingerprint density at radius 1 is 1.45 bits per heavy atom. The molecule has 0 bridgehead atoms. The lowest BCUT2D eigenvalue weighted by Crippen LogP contribution is -2.61. The summed E-state index contributed by atoms with van der Waals surface area (Å²) in [5.41, 5.74) is 8.98. The largest absolute Gasteiger partial charge is 0.394 e. The first-order valence-corrected chi connectivity index (χ1v) is 9.47. The summed E-state index contributed by atoms with van der Waals surface area (Å²) in [5.74, 6) is -1.91. The molecule has 1 aliphatic rings. The second-order valence-electron chi connectivity index (χ2n) is 6.96. The molecule has 14 nitrogen and oxygen atoms in total. The van der Waals surface area contributed by atoms with Crippen LogP contribution in [-0.4, -0.2) is 89.7 Å². The normalized spacial score (nSPS) is 30.3. The zero-order chi connectivity index (χ0) is 23.1. The van der Waals surface area contributed by atoms with E-state index in [1.54, 1.807) is 0 Å². The van der Waals surface area contributed by atoms with Gasteiger partial charge in [0.2, 0.25) is 5.91 Å². The van der Waals surface area contributed by atoms with Gasteiger partial charge in [-0.3, -0.25) is 14.2 Å². The average Bonchev–Trinajstić information content (AvgIpc) is 3.26. The van der Waals surface area contributed by atoms with Gasteiger partial charge in [0, 0.05) is 7.11 Å². The maximum Gasteiger partial charge on any atom is 0.275 e. The number of hydrogen-bond acceptors (Lipinski definition) is 12. The molecule has 0 aliphatic carbocycles. The summed E-state index contributed by atoms with van der Waals surface area (Å²) >= 11 is 4.34. The molecule has 1 aliphatic heterocycles. The Kier molecular flexibility index (Phi) is 6.21. The summed E-state index contributed by atoms with van der Waals surface area (Å²) in [6, 6.07) is -1.23. The first-order chi connectivity index (χ1) is 14.5. The predicted octanol–water partition coefficient (Wildman–Crippen LogP) is -3.36. The molecule has 2 aromatic rings. The minimum atomic E-state index is -2.28. The Morgan fingerprint density at radius 2 is 2.13 bits per heavy atom. The molecule has 0 aromatic carbocycles. The summed E-state index contributed by atoms with van der Waals surface area (Å²) in [6.45, 7) is 0.685. The van der Waals surface area contributed by atoms with Crippen molar-refractivity contribution in [3.05, 3.63) is 12.7 Å². The molecule has 15 heteroatoms. The summed E-state index contributed by atoms with van der Waals surface area (Å²) in [4.78, 5) is 35.0. The van der Waals surface area contributed by atoms with E-state index in [0.717, 1.165) is 17.2 Å². The number of thiol groups is 1. The van der Waals surface area contributed by atoms with E-state index in [1.807, 2.05) is 0 Å². The van der Waals surface area contributed by atoms with E-state index in [4.69, 9.17) is 20.9 Å². The number of methoxy groups -OCH3 is 1. The molecule has 31 heavy (non-hydrogen) atoms. The fourth-order valence-corrected chi connectivity index (χ4v) is 3.81. The van der Waals surface area contributed by atoms with Gasteiger partial charge in [-0.1, -0.05) is 0 Å². The van der Waals surface area contributed by atoms with Gasteiger partial charge in [0.05, 0.1) is 12.7 Å². The van der Waals surface area contributed by atoms with E-state index in [-0.39, 0.29) is 17.0 Å². The van der Waals surface area contributed by atoms with Crippen molar-refractivity contribution in [1.29, 1.82) is 0 Å². The van der Waals surface area contributed by atoms with Gasteiger partial charge < -0.3 is 41.6 Å². The number of carbonyl (C=O) groups is 2. The SMILES string of the molecule is CO[C@]1(S)[C@H](O)[C@@H](CO)O[C@@]1(C(N)=O)n1cnc2c(NC(=O)C(N)C(C)O)ncnc21. The second kappa shape index (κ2) is 8.27. The van der Waals surface area contributed by atoms with Gasteiger partial charge in [-0.05, 0) is 6.92 Å². The Labute approximate surface area is 181 Å². The first kappa shape index (κ1) is 23.3. The van der Waals surface area contributed by atoms with Crippen LogP contribution in [0.2, 0.25) is 0 Å². The topological polar surface area (TPSA) is 221 Å². The van der Waals surface area contributed by atoms with Crippen molar-refractivity contribution in [1.82, 2.24) is 19.5 Å². The van der Waals surface area contributed by atoms with Crippen molar-refractivity contribution < 1.29 is 34.4 Å². The van der Waals surface area contributed by atoms with Crippen molar-refractivity contribution in [2.45, 2.75) is 41.9 Å². The number of nitrogens with zero attached hydrogens (tertiary/aromatic N) is 4. The quantitative estimate of drug-likeness (QED) is 0.161. The van der Waals surface area contributed by atoms with E-state index >= 15 is 0 Å². The molecule has 6 atom stereocenters. The molecule has 2 amide bonds. The second-order valence-corrected chi connectivity index (χ2v) is 7.62. The van der Waals surface area contributed by atoms with E-state index in [2.05, 4.69) is 32.9 Å². The van der Waals surface area contributed by atoms with Gasteiger partial charge >= 0.3 is 0 Å². The number of rotatable bonds is 7. The fraction of sp³-hybridized carbons (Fsp3) is 0.562. The number of primary amides is 1. The number of amides is 2. The molecule has 2 unspecified atom stereocenters. The maximum absolute atomic E-state index is 12.6. The molecule has 0 saturated carbocycles. The van der Waals surface area contributed by atoms with Crippen LogP contribution in [0.25, 0.3) is 11.2 Å². The molecular weight excluding hydrogens is 434 g/mol. The van der Waals surface area contributed by atoms with Gasteiger partial charge in [0.1, 0.15) is 30.9 Å². The van der Waals surface area contributed by atoms with E-state index in [1.165, 1.54) is 14.0 Å². The average molecular weight is 457 g/mol. The number of aromatic nitrogens is 4. The van der Waals surface area contributed by atoms with Crippen molar-refractivity contribution in [3.8, 4) is 0 Å². The number of ether oxygens (including phenoxy) is 2. The van der Waals surface area contributed by atoms with E-state index in [0.29, 0.717) is 0 Å². The third-order valence-electron chi connectivity index (χ3n) is 5.12. The smallest absolute Gasteiger partial charge is 0.275 e. The molecule has 0 spiro atoms. The number of nitrogens with two attached hydrogens (primary N) is 2. The highest BCUT2D eigenvalue weighted by Crippen LogP contribution is 2.49. The van der Waals surface area contributed by atoms with E-state index in [9.17, 15) is 24.9 Å². The van der Waals surface area contributed by atoms with Crippen LogP contribution >= 0.6 is 12.6 Å². The third-order valence-corrected chi connectivity index (χ3v) is 5.87. The summed E-state index contributed by atoms with van der Waals surface area (Å²) in [6.07, 6.45) is -1.78. The van der Waals surface area contributed by atoms with Crippen LogP contribution in [0.3, 0.4) is 0 Å². The highest BCUT2D eigenvalue weighted by Gasteiger charge is 2.70. The Balaban J connectivity index is 2.16. The summed E-state index contributed by atoms with van der Waals surface area (Å²) in [5, 5.41) is 32.1. The lowest BCUT2D eigenvalue weighted by Gasteiger charge is -2.39. The van der Waals surface area contributed by atoms with Crippen LogP contribution < -0.4 is 16.8 Å². The molecule has 1 fully saturated rings. The molecule has 0 radical (unpaired) electrons. The monoisotopic (exact) mass is 457 g/mol. The molecular formula is C16H23N7O7S. The zero-order valence-corrected chi connectivity index (χ0v) is 17.4. The Bertz CT molecular complexity index is 1000. The number of aliphatic hydroxyl groups excluding tert-OH is 3. The Hall–Kier alpha value is -2.40. The minimum Gasteiger partial charge on any atom is -0.394 e. The van der Waals surface area contributed by atoms with Crippen LogP contribution in [0.1, 0.15) is 6.92 Å². The molecule has 170 valence electrons. The van der Waals surface area contributed by atoms with Gasteiger partial charge in [0.15, 0.2) is 21.9 Å². The van der Waals surface area contributed by atoms with Crippen molar-refractivity contribution in [3.63, 3.8) is 0 Å². The molecule has 2 aromatic heterocycles. The lowest BCUT2D eigenvalue weighted by atomic mass is 10.00. The maximum atomic E-state index is 12.6. The minimum absolute atomic E-state index is 0.0200. The molecule has 8 N–H and O–H groups in total. The lowest BCUT2D eigenvalue weighted by molar-refractivity contribution is -0.182. The summed E-state index contributed by atoms with van der Waals surface area (Å²) < 4.78 is 12.1. The highest BCUT2D eigenvalue weighted by atomic mass is 32.1. The Morgan fingerprint density at radius 3 is 2.68 bits per heavy atom. The fourth-order valence-electron chi connectivity index (χ4n) is 3.38. The highest BCUT2D eigenvalue weighted by molar-refractivity contribution is 7.81. The van der Waals surface area contributed by atoms with Gasteiger partial charge in [-0.25, -0.2) is 15.0 Å². The number of hydrogen-bond donors (Lipinski definition) is 7. The summed E-state index contributed by atoms with van der Waals surface area (Å²) in [7, 11) is 1.17. The standard InChI is InChI=1S/C16H23N7O7S/c1-6(25)8(17)13(27)22-11-9-12(20-4-19-11)23(5-21-9)15(14(18)28)16(31,29-2)10(26)7(3-24)30-15/h4-8,10,24-26,31H,3,17H2,1-2H3,(H2,18,28)(H,19,20,22,27)/t6?,7-,8?,10-,15-,16+/m1/s1. The van der Waals surface area contributed by atoms with Crippen LogP contribution in [0, 0.1) is 0 Å². The number of imidazole rings is 1. The predicted molar refractivity (Wildman–Crippen MR) is 107 cm³/mol. The van der Waals surface area contributed by atoms with Crippen LogP contribution in [0.15, 0.2) is 12.7 Å². The number of aliphatic hydroxyl groups is 3. The number of nitrogens with one attached hydrogen (secondary N) is 1. The van der Waals surface area contributed by atoms with Gasteiger partial charge in [0.25, 0.3) is 11.6 Å². The van der Waals surface area contributed by atoms with Crippen molar-refractivity contribution in [2.24, 2.45) is 11.5 Å². The van der Waals surface area contributed by atoms with Crippen molar-refractivity contribution >= 4 is 41.4 Å². The van der Waals surface area contributed by atoms with Crippen LogP contribution in [-0.2, 0) is 24.8 Å². The molecule has 1 saturated heterocycles. The van der Waals surface area contributed by atoms with Gasteiger partial charge in [-0.15, -0.1) is 12.6 Å². The zero-order valence-electron chi connectivity index (χ0n) is 16.5. The first-order valence-electron chi connectivity index (χ1n) is 9.02. The van der Waals surface area contributed by atoms with Gasteiger partial charge in [-0.2, -0.15) is 0 Å². The van der Waals surface area contributed by atoms with Crippen LogP contribution in [0.4, 0.5) is 5.82 Å². The molecule has 3 rings (SSSR count). The van der Waals surface area contributed by atoms with E-state index < -0.39 is 53.4 Å².